The highest BCUT2D eigenvalue weighted by Gasteiger charge is 2.22. The largest absolute Gasteiger partial charge is 0.464 e. The molecule has 7 heteroatoms. The first-order chi connectivity index (χ1) is 17.8. The minimum absolute atomic E-state index is 0.192. The molecule has 0 saturated carbocycles. The zero-order valence-corrected chi connectivity index (χ0v) is 22.2. The average Bonchev–Trinajstić information content (AvgIpc) is 2.88. The van der Waals surface area contributed by atoms with E-state index in [-0.39, 0.29) is 19.0 Å². The Labute approximate surface area is 219 Å². The standard InChI is InChI=1S/C30H39NO6/c1-4-10-29(34)27-18-16-26(17-19-27)25-14-12-24(13-15-25)11-8-6-5-7-9-20-36-30(35)28(31-22(2)32)21-37-23(3)33/h12-19,28H,4-11,20-21H2,1-3H3,(H,31,32). The summed E-state index contributed by atoms with van der Waals surface area (Å²) in [5.41, 5.74) is 4.31. The van der Waals surface area contributed by atoms with Gasteiger partial charge in [-0.2, -0.15) is 0 Å². The molecule has 1 N–H and O–H groups in total. The summed E-state index contributed by atoms with van der Waals surface area (Å²) in [6, 6.07) is 15.4. The van der Waals surface area contributed by atoms with Gasteiger partial charge in [0, 0.05) is 25.8 Å². The van der Waals surface area contributed by atoms with Crippen molar-refractivity contribution in [3.63, 3.8) is 0 Å². The molecule has 0 heterocycles. The smallest absolute Gasteiger partial charge is 0.332 e. The Morgan fingerprint density at radius 1 is 0.784 bits per heavy atom. The molecule has 2 aromatic carbocycles. The van der Waals surface area contributed by atoms with E-state index in [0.717, 1.165) is 61.6 Å². The molecular weight excluding hydrogens is 470 g/mol. The number of benzene rings is 2. The molecule has 1 atom stereocenters. The number of ether oxygens (including phenoxy) is 2. The summed E-state index contributed by atoms with van der Waals surface area (Å²) in [5.74, 6) is -1.32. The minimum Gasteiger partial charge on any atom is -0.464 e. The second kappa shape index (κ2) is 16.3. The van der Waals surface area contributed by atoms with Crippen LogP contribution in [0, 0.1) is 0 Å². The van der Waals surface area contributed by atoms with E-state index < -0.39 is 23.9 Å². The molecule has 0 aliphatic rings. The first-order valence-electron chi connectivity index (χ1n) is 13.1. The van der Waals surface area contributed by atoms with Gasteiger partial charge in [-0.15, -0.1) is 0 Å². The van der Waals surface area contributed by atoms with Crippen molar-refractivity contribution in [1.82, 2.24) is 5.32 Å². The monoisotopic (exact) mass is 509 g/mol. The molecule has 0 aliphatic carbocycles. The summed E-state index contributed by atoms with van der Waals surface area (Å²) in [7, 11) is 0. The molecule has 1 unspecified atom stereocenters. The number of hydrogen-bond donors (Lipinski definition) is 1. The Morgan fingerprint density at radius 3 is 1.97 bits per heavy atom. The minimum atomic E-state index is -0.984. The first kappa shape index (κ1) is 29.7. The van der Waals surface area contributed by atoms with Crippen LogP contribution in [0.2, 0.25) is 0 Å². The number of unbranched alkanes of at least 4 members (excludes halogenated alkanes) is 4. The molecule has 0 spiro atoms. The lowest BCUT2D eigenvalue weighted by Gasteiger charge is -2.16. The number of esters is 2. The number of Topliss-reactive ketones (excluding diaryl/α,β-unsaturated/α-hetero) is 1. The molecule has 0 aliphatic heterocycles. The van der Waals surface area contributed by atoms with E-state index in [1.165, 1.54) is 19.4 Å². The lowest BCUT2D eigenvalue weighted by atomic mass is 9.99. The molecule has 0 fully saturated rings. The summed E-state index contributed by atoms with van der Waals surface area (Å²) in [5, 5.41) is 2.44. The third kappa shape index (κ3) is 11.4. The number of amides is 1. The number of aryl methyl sites for hydroxylation is 1. The van der Waals surface area contributed by atoms with Gasteiger partial charge < -0.3 is 14.8 Å². The van der Waals surface area contributed by atoms with Crippen LogP contribution >= 0.6 is 0 Å². The van der Waals surface area contributed by atoms with Gasteiger partial charge in [0.2, 0.25) is 5.91 Å². The van der Waals surface area contributed by atoms with Crippen molar-refractivity contribution >= 4 is 23.6 Å². The molecule has 2 rings (SSSR count). The van der Waals surface area contributed by atoms with Gasteiger partial charge in [-0.25, -0.2) is 4.79 Å². The van der Waals surface area contributed by atoms with Crippen molar-refractivity contribution in [3.05, 3.63) is 59.7 Å². The Morgan fingerprint density at radius 2 is 1.38 bits per heavy atom. The summed E-state index contributed by atoms with van der Waals surface area (Å²) in [4.78, 5) is 46.3. The first-order valence-corrected chi connectivity index (χ1v) is 13.1. The predicted molar refractivity (Wildman–Crippen MR) is 143 cm³/mol. The fourth-order valence-corrected chi connectivity index (χ4v) is 3.93. The van der Waals surface area contributed by atoms with Gasteiger partial charge in [-0.1, -0.05) is 74.7 Å². The fourth-order valence-electron chi connectivity index (χ4n) is 3.93. The Bertz CT molecular complexity index is 1010. The molecular formula is C30H39NO6. The summed E-state index contributed by atoms with van der Waals surface area (Å²) in [6.45, 7) is 4.58. The Kier molecular flexibility index (Phi) is 13.1. The third-order valence-electron chi connectivity index (χ3n) is 5.94. The van der Waals surface area contributed by atoms with Gasteiger partial charge in [0.15, 0.2) is 11.8 Å². The van der Waals surface area contributed by atoms with Crippen molar-refractivity contribution in [3.8, 4) is 11.1 Å². The van der Waals surface area contributed by atoms with E-state index in [4.69, 9.17) is 9.47 Å². The molecule has 37 heavy (non-hydrogen) atoms. The topological polar surface area (TPSA) is 98.8 Å². The Hall–Kier alpha value is -3.48. The zero-order chi connectivity index (χ0) is 27.0. The molecule has 0 bridgehead atoms. The highest BCUT2D eigenvalue weighted by Crippen LogP contribution is 2.22. The number of hydrogen-bond acceptors (Lipinski definition) is 6. The predicted octanol–water partition coefficient (Wildman–Crippen LogP) is 5.44. The van der Waals surface area contributed by atoms with Crippen LogP contribution in [0.25, 0.3) is 11.1 Å². The number of carbonyl (C=O) groups is 4. The van der Waals surface area contributed by atoms with Gasteiger partial charge in [0.05, 0.1) is 6.61 Å². The van der Waals surface area contributed by atoms with Crippen LogP contribution in [0.4, 0.5) is 0 Å². The second-order valence-electron chi connectivity index (χ2n) is 9.19. The lowest BCUT2D eigenvalue weighted by molar-refractivity contribution is -0.152. The molecule has 0 saturated heterocycles. The van der Waals surface area contributed by atoms with Gasteiger partial charge in [-0.05, 0) is 42.4 Å². The van der Waals surface area contributed by atoms with E-state index in [0.29, 0.717) is 6.42 Å². The Balaban J connectivity index is 1.63. The van der Waals surface area contributed by atoms with Crippen LogP contribution < -0.4 is 5.32 Å². The second-order valence-corrected chi connectivity index (χ2v) is 9.19. The van der Waals surface area contributed by atoms with E-state index in [1.807, 2.05) is 31.2 Å². The zero-order valence-electron chi connectivity index (χ0n) is 22.2. The van der Waals surface area contributed by atoms with Crippen LogP contribution in [-0.2, 0) is 30.3 Å². The highest BCUT2D eigenvalue weighted by molar-refractivity contribution is 5.96. The maximum Gasteiger partial charge on any atom is 0.332 e. The average molecular weight is 510 g/mol. The van der Waals surface area contributed by atoms with Crippen LogP contribution in [0.5, 0.6) is 0 Å². The van der Waals surface area contributed by atoms with Gasteiger partial charge in [-0.3, -0.25) is 14.4 Å². The normalized spacial score (nSPS) is 11.4. The molecule has 2 aromatic rings. The van der Waals surface area contributed by atoms with Crippen molar-refractivity contribution in [2.24, 2.45) is 0 Å². The van der Waals surface area contributed by atoms with Crippen LogP contribution in [0.15, 0.2) is 48.5 Å². The number of ketones is 1. The van der Waals surface area contributed by atoms with Crippen molar-refractivity contribution in [2.75, 3.05) is 13.2 Å². The summed E-state index contributed by atoms with van der Waals surface area (Å²) < 4.78 is 10.0. The SMILES string of the molecule is CCCC(=O)c1ccc(-c2ccc(CCCCCCCOC(=O)C(COC(C)=O)NC(C)=O)cc2)cc1. The van der Waals surface area contributed by atoms with Crippen LogP contribution in [0.3, 0.4) is 0 Å². The highest BCUT2D eigenvalue weighted by atomic mass is 16.6. The van der Waals surface area contributed by atoms with Crippen molar-refractivity contribution in [1.29, 1.82) is 0 Å². The molecule has 0 aromatic heterocycles. The third-order valence-corrected chi connectivity index (χ3v) is 5.94. The van der Waals surface area contributed by atoms with Crippen molar-refractivity contribution < 1.29 is 28.7 Å². The van der Waals surface area contributed by atoms with Crippen LogP contribution in [-0.4, -0.2) is 42.9 Å². The number of rotatable bonds is 16. The molecule has 7 nitrogen and oxygen atoms in total. The van der Waals surface area contributed by atoms with Crippen molar-refractivity contribution in [2.45, 2.75) is 78.2 Å². The van der Waals surface area contributed by atoms with E-state index >= 15 is 0 Å². The van der Waals surface area contributed by atoms with E-state index in [1.54, 1.807) is 0 Å². The molecule has 1 amide bonds. The van der Waals surface area contributed by atoms with Crippen LogP contribution in [0.1, 0.15) is 81.6 Å². The summed E-state index contributed by atoms with van der Waals surface area (Å²) >= 11 is 0. The lowest BCUT2D eigenvalue weighted by Crippen LogP contribution is -2.44. The van der Waals surface area contributed by atoms with E-state index in [9.17, 15) is 19.2 Å². The number of carbonyl (C=O) groups excluding carboxylic acids is 4. The van der Waals surface area contributed by atoms with Gasteiger partial charge >= 0.3 is 11.9 Å². The quantitative estimate of drug-likeness (QED) is 0.184. The maximum absolute atomic E-state index is 12.1. The molecule has 0 radical (unpaired) electrons. The molecule has 200 valence electrons. The van der Waals surface area contributed by atoms with Gasteiger partial charge in [0.1, 0.15) is 6.61 Å². The van der Waals surface area contributed by atoms with Gasteiger partial charge in [0.25, 0.3) is 0 Å². The maximum atomic E-state index is 12.1. The fraction of sp³-hybridized carbons (Fsp3) is 0.467. The summed E-state index contributed by atoms with van der Waals surface area (Å²) in [6.07, 6.45) is 7.35. The van der Waals surface area contributed by atoms with E-state index in [2.05, 4.69) is 29.6 Å². The number of nitrogens with one attached hydrogen (secondary N) is 1.